The molecule has 0 amide bonds. The average molecular weight is 155 g/mol. The molecule has 0 saturated carbocycles. The highest BCUT2D eigenvalue weighted by Crippen LogP contribution is 2.18. The Morgan fingerprint density at radius 1 is 1.55 bits per heavy atom. The van der Waals surface area contributed by atoms with Crippen molar-refractivity contribution in [1.29, 1.82) is 0 Å². The van der Waals surface area contributed by atoms with Crippen LogP contribution in [0.25, 0.3) is 0 Å². The standard InChI is InChI=1S/C9H17NO/c1-8-2-4-10(6-8)5-3-9-7-11-9/h8-9H,2-7H2,1H3. The molecule has 2 saturated heterocycles. The molecular weight excluding hydrogens is 138 g/mol. The second kappa shape index (κ2) is 3.11. The van der Waals surface area contributed by atoms with Gasteiger partial charge < -0.3 is 9.64 Å². The van der Waals surface area contributed by atoms with Gasteiger partial charge in [-0.05, 0) is 25.3 Å². The molecule has 2 nitrogen and oxygen atoms in total. The number of likely N-dealkylation sites (tertiary alicyclic amines) is 1. The Balaban J connectivity index is 1.62. The van der Waals surface area contributed by atoms with Gasteiger partial charge in [-0.1, -0.05) is 6.92 Å². The molecule has 64 valence electrons. The van der Waals surface area contributed by atoms with E-state index in [0.29, 0.717) is 6.10 Å². The van der Waals surface area contributed by atoms with E-state index in [1.54, 1.807) is 0 Å². The monoisotopic (exact) mass is 155 g/mol. The van der Waals surface area contributed by atoms with Gasteiger partial charge in [0, 0.05) is 13.1 Å². The second-order valence-electron chi connectivity index (χ2n) is 3.94. The van der Waals surface area contributed by atoms with Crippen LogP contribution in [0.3, 0.4) is 0 Å². The summed E-state index contributed by atoms with van der Waals surface area (Å²) in [4.78, 5) is 2.56. The summed E-state index contributed by atoms with van der Waals surface area (Å²) in [6.07, 6.45) is 3.27. The number of rotatable bonds is 3. The summed E-state index contributed by atoms with van der Waals surface area (Å²) < 4.78 is 5.17. The zero-order valence-corrected chi connectivity index (χ0v) is 7.25. The lowest BCUT2D eigenvalue weighted by Crippen LogP contribution is -2.22. The Morgan fingerprint density at radius 3 is 2.91 bits per heavy atom. The lowest BCUT2D eigenvalue weighted by molar-refractivity contribution is 0.297. The van der Waals surface area contributed by atoms with Crippen molar-refractivity contribution in [2.75, 3.05) is 26.2 Å². The number of epoxide rings is 1. The molecule has 0 aromatic rings. The Labute approximate surface area is 68.5 Å². The van der Waals surface area contributed by atoms with E-state index in [4.69, 9.17) is 4.74 Å². The fourth-order valence-corrected chi connectivity index (χ4v) is 1.79. The zero-order valence-electron chi connectivity index (χ0n) is 7.25. The summed E-state index contributed by atoms with van der Waals surface area (Å²) in [6.45, 7) is 7.24. The van der Waals surface area contributed by atoms with Crippen molar-refractivity contribution in [2.24, 2.45) is 5.92 Å². The molecule has 0 aromatic carbocycles. The van der Waals surface area contributed by atoms with E-state index in [0.717, 1.165) is 12.5 Å². The smallest absolute Gasteiger partial charge is 0.0822 e. The average Bonchev–Trinajstić information content (AvgIpc) is 2.72. The normalized spacial score (nSPS) is 37.9. The van der Waals surface area contributed by atoms with Gasteiger partial charge in [-0.15, -0.1) is 0 Å². The molecule has 2 aliphatic rings. The van der Waals surface area contributed by atoms with Crippen molar-refractivity contribution < 1.29 is 4.74 Å². The highest BCUT2D eigenvalue weighted by molar-refractivity contribution is 4.76. The van der Waals surface area contributed by atoms with Gasteiger partial charge in [0.05, 0.1) is 12.7 Å². The third-order valence-corrected chi connectivity index (χ3v) is 2.68. The zero-order chi connectivity index (χ0) is 7.68. The minimum atomic E-state index is 0.617. The fraction of sp³-hybridized carbons (Fsp3) is 1.00. The summed E-state index contributed by atoms with van der Waals surface area (Å²) in [5, 5.41) is 0. The summed E-state index contributed by atoms with van der Waals surface area (Å²) in [5.74, 6) is 0.926. The molecular formula is C9H17NO. The summed E-state index contributed by atoms with van der Waals surface area (Å²) in [7, 11) is 0. The number of hydrogen-bond donors (Lipinski definition) is 0. The molecule has 2 atom stereocenters. The molecule has 2 rings (SSSR count). The van der Waals surface area contributed by atoms with Crippen LogP contribution in [-0.4, -0.2) is 37.2 Å². The lowest BCUT2D eigenvalue weighted by atomic mass is 10.2. The molecule has 2 unspecified atom stereocenters. The van der Waals surface area contributed by atoms with Crippen LogP contribution in [0.5, 0.6) is 0 Å². The number of ether oxygens (including phenoxy) is 1. The van der Waals surface area contributed by atoms with Crippen LogP contribution in [-0.2, 0) is 4.74 Å². The molecule has 11 heavy (non-hydrogen) atoms. The molecule has 2 aliphatic heterocycles. The van der Waals surface area contributed by atoms with Crippen LogP contribution in [0.2, 0.25) is 0 Å². The van der Waals surface area contributed by atoms with Gasteiger partial charge in [0.15, 0.2) is 0 Å². The van der Waals surface area contributed by atoms with E-state index in [2.05, 4.69) is 11.8 Å². The predicted molar refractivity (Wildman–Crippen MR) is 44.6 cm³/mol. The van der Waals surface area contributed by atoms with Crippen LogP contribution < -0.4 is 0 Å². The van der Waals surface area contributed by atoms with Crippen LogP contribution in [0.15, 0.2) is 0 Å². The van der Waals surface area contributed by atoms with Gasteiger partial charge in [-0.3, -0.25) is 0 Å². The van der Waals surface area contributed by atoms with Gasteiger partial charge >= 0.3 is 0 Å². The molecule has 0 aromatic heterocycles. The molecule has 0 radical (unpaired) electrons. The molecule has 2 heteroatoms. The van der Waals surface area contributed by atoms with Crippen molar-refractivity contribution in [3.8, 4) is 0 Å². The van der Waals surface area contributed by atoms with Crippen molar-refractivity contribution >= 4 is 0 Å². The van der Waals surface area contributed by atoms with Crippen LogP contribution in [0.1, 0.15) is 19.8 Å². The second-order valence-corrected chi connectivity index (χ2v) is 3.94. The van der Waals surface area contributed by atoms with E-state index in [-0.39, 0.29) is 0 Å². The highest BCUT2D eigenvalue weighted by atomic mass is 16.6. The largest absolute Gasteiger partial charge is 0.373 e. The first-order valence-electron chi connectivity index (χ1n) is 4.68. The van der Waals surface area contributed by atoms with Gasteiger partial charge in [0.25, 0.3) is 0 Å². The van der Waals surface area contributed by atoms with Crippen molar-refractivity contribution in [3.63, 3.8) is 0 Å². The maximum atomic E-state index is 5.17. The van der Waals surface area contributed by atoms with E-state index >= 15 is 0 Å². The minimum absolute atomic E-state index is 0.617. The van der Waals surface area contributed by atoms with Gasteiger partial charge in [-0.2, -0.15) is 0 Å². The molecule has 0 spiro atoms. The summed E-state index contributed by atoms with van der Waals surface area (Å²) >= 11 is 0. The molecule has 2 fully saturated rings. The molecule has 0 N–H and O–H groups in total. The molecule has 0 aliphatic carbocycles. The topological polar surface area (TPSA) is 15.8 Å². The van der Waals surface area contributed by atoms with Gasteiger partial charge in [0.2, 0.25) is 0 Å². The van der Waals surface area contributed by atoms with Crippen molar-refractivity contribution in [3.05, 3.63) is 0 Å². The minimum Gasteiger partial charge on any atom is -0.373 e. The Bertz CT molecular complexity index is 134. The van der Waals surface area contributed by atoms with E-state index in [9.17, 15) is 0 Å². The predicted octanol–water partition coefficient (Wildman–Crippen LogP) is 1.12. The SMILES string of the molecule is CC1CCN(CCC2CO2)C1. The van der Waals surface area contributed by atoms with Crippen LogP contribution >= 0.6 is 0 Å². The Kier molecular flexibility index (Phi) is 2.14. The third kappa shape index (κ3) is 2.17. The van der Waals surface area contributed by atoms with E-state index in [1.165, 1.54) is 32.5 Å². The number of hydrogen-bond acceptors (Lipinski definition) is 2. The number of nitrogens with zero attached hydrogens (tertiary/aromatic N) is 1. The maximum absolute atomic E-state index is 5.17. The Morgan fingerprint density at radius 2 is 2.36 bits per heavy atom. The third-order valence-electron chi connectivity index (χ3n) is 2.68. The van der Waals surface area contributed by atoms with Gasteiger partial charge in [0.1, 0.15) is 0 Å². The van der Waals surface area contributed by atoms with Crippen LogP contribution in [0, 0.1) is 5.92 Å². The summed E-state index contributed by atoms with van der Waals surface area (Å²) in [6, 6.07) is 0. The maximum Gasteiger partial charge on any atom is 0.0822 e. The first-order valence-corrected chi connectivity index (χ1v) is 4.68. The first-order chi connectivity index (χ1) is 5.34. The fourth-order valence-electron chi connectivity index (χ4n) is 1.79. The summed E-state index contributed by atoms with van der Waals surface area (Å²) in [5.41, 5.74) is 0. The van der Waals surface area contributed by atoms with Crippen molar-refractivity contribution in [1.82, 2.24) is 4.90 Å². The molecule has 0 bridgehead atoms. The van der Waals surface area contributed by atoms with Gasteiger partial charge in [-0.25, -0.2) is 0 Å². The lowest BCUT2D eigenvalue weighted by Gasteiger charge is -2.13. The first kappa shape index (κ1) is 7.56. The van der Waals surface area contributed by atoms with E-state index < -0.39 is 0 Å². The quantitative estimate of drug-likeness (QED) is 0.568. The van der Waals surface area contributed by atoms with Crippen molar-refractivity contribution in [2.45, 2.75) is 25.9 Å². The Hall–Kier alpha value is -0.0800. The molecule has 2 heterocycles. The van der Waals surface area contributed by atoms with Crippen LogP contribution in [0.4, 0.5) is 0 Å². The van der Waals surface area contributed by atoms with E-state index in [1.807, 2.05) is 0 Å². The highest BCUT2D eigenvalue weighted by Gasteiger charge is 2.25.